The summed E-state index contributed by atoms with van der Waals surface area (Å²) in [6.45, 7) is 2.61. The highest BCUT2D eigenvalue weighted by molar-refractivity contribution is 5.93. The summed E-state index contributed by atoms with van der Waals surface area (Å²) in [5.41, 5.74) is -1.33. The monoisotopic (exact) mass is 566 g/mol. The van der Waals surface area contributed by atoms with E-state index >= 15 is 0 Å². The number of hydrogen-bond acceptors (Lipinski definition) is 5. The van der Waals surface area contributed by atoms with Crippen LogP contribution in [0.1, 0.15) is 50.2 Å². The fourth-order valence-electron chi connectivity index (χ4n) is 8.06. The third-order valence-corrected chi connectivity index (χ3v) is 9.82. The van der Waals surface area contributed by atoms with Gasteiger partial charge in [-0.2, -0.15) is 18.3 Å². The second-order valence-electron chi connectivity index (χ2n) is 12.7. The van der Waals surface area contributed by atoms with Crippen LogP contribution in [0.4, 0.5) is 13.2 Å². The highest BCUT2D eigenvalue weighted by atomic mass is 19.4. The van der Waals surface area contributed by atoms with Crippen LogP contribution < -0.4 is 4.74 Å². The number of aliphatic hydroxyl groups excluding tert-OH is 1. The van der Waals surface area contributed by atoms with Gasteiger partial charge in [0.25, 0.3) is 0 Å². The molecule has 3 aromatic rings. The molecule has 5 atom stereocenters. The second-order valence-corrected chi connectivity index (χ2v) is 12.7. The molecular weight excluding hydrogens is 533 g/mol. The lowest BCUT2D eigenvalue weighted by Gasteiger charge is -2.45. The van der Waals surface area contributed by atoms with E-state index in [-0.39, 0.29) is 41.4 Å². The number of aliphatic hydroxyl groups is 3. The van der Waals surface area contributed by atoms with Gasteiger partial charge in [-0.3, -0.25) is 4.68 Å². The molecule has 1 aromatic heterocycles. The van der Waals surface area contributed by atoms with Crippen molar-refractivity contribution in [3.05, 3.63) is 71.6 Å². The zero-order valence-corrected chi connectivity index (χ0v) is 22.8. The van der Waals surface area contributed by atoms with Crippen molar-refractivity contribution in [3.8, 4) is 28.0 Å². The first kappa shape index (κ1) is 26.7. The molecule has 3 N–H and O–H groups in total. The Bertz CT molecular complexity index is 1560. The van der Waals surface area contributed by atoms with E-state index in [1.807, 2.05) is 0 Å². The topological polar surface area (TPSA) is 87.7 Å². The maximum atomic E-state index is 14.6. The minimum atomic E-state index is -4.96. The van der Waals surface area contributed by atoms with Crippen LogP contribution >= 0.6 is 0 Å². The minimum absolute atomic E-state index is 0.121. The Morgan fingerprint density at radius 1 is 1.10 bits per heavy atom. The lowest BCUT2D eigenvalue weighted by Crippen LogP contribution is -2.46. The van der Waals surface area contributed by atoms with Crippen LogP contribution in [-0.2, 0) is 12.1 Å². The summed E-state index contributed by atoms with van der Waals surface area (Å²) in [5, 5.41) is 35.7. The first-order valence-electron chi connectivity index (χ1n) is 14.2. The Kier molecular flexibility index (Phi) is 5.82. The molecule has 4 aliphatic rings. The summed E-state index contributed by atoms with van der Waals surface area (Å²) in [5.74, 6) is 0.963. The molecule has 0 saturated heterocycles. The smallest absolute Gasteiger partial charge is 0.425 e. The first-order chi connectivity index (χ1) is 19.4. The van der Waals surface area contributed by atoms with Crippen molar-refractivity contribution in [2.75, 3.05) is 13.2 Å². The summed E-state index contributed by atoms with van der Waals surface area (Å²) < 4.78 is 51.6. The number of hydrogen-bond donors (Lipinski definition) is 3. The molecule has 2 aromatic carbocycles. The number of benzene rings is 2. The molecule has 0 radical (unpaired) electrons. The van der Waals surface area contributed by atoms with Crippen LogP contribution in [0.5, 0.6) is 5.75 Å². The standard InChI is InChI=1S/C32H33F3N2O4/c1-29(13-19-10-26-20(15-29)16-30(26,39)14-19)6-9-41-22-11-24(21-17-36-37(18-21)7-8-38)28-23-4-2-3-5-25(23)31(40,27(28)12-22)32(33,34)35/h2-5,11-12,15,17-19,26,38-40H,6-10,13-14,16H2,1H3. The largest absolute Gasteiger partial charge is 0.494 e. The molecule has 0 aliphatic heterocycles. The van der Waals surface area contributed by atoms with Gasteiger partial charge in [0.2, 0.25) is 5.60 Å². The number of fused-ring (bicyclic) bond motifs is 4. The van der Waals surface area contributed by atoms with Crippen LogP contribution in [0.25, 0.3) is 22.3 Å². The van der Waals surface area contributed by atoms with Gasteiger partial charge in [-0.25, -0.2) is 0 Å². The van der Waals surface area contributed by atoms with Gasteiger partial charge in [-0.1, -0.05) is 42.8 Å². The highest BCUT2D eigenvalue weighted by Gasteiger charge is 2.61. The predicted octanol–water partition coefficient (Wildman–Crippen LogP) is 5.59. The Morgan fingerprint density at radius 3 is 2.68 bits per heavy atom. The molecular formula is C32H33F3N2O4. The van der Waals surface area contributed by atoms with Crippen molar-refractivity contribution in [2.24, 2.45) is 17.3 Å². The Hall–Kier alpha value is -3.14. The average molecular weight is 567 g/mol. The summed E-state index contributed by atoms with van der Waals surface area (Å²) in [4.78, 5) is 0. The van der Waals surface area contributed by atoms with Gasteiger partial charge in [-0.05, 0) is 72.3 Å². The molecule has 0 spiro atoms. The molecule has 9 heteroatoms. The molecule has 41 heavy (non-hydrogen) atoms. The molecule has 2 fully saturated rings. The molecule has 2 bridgehead atoms. The Balaban J connectivity index is 1.25. The Labute approximate surface area is 236 Å². The third-order valence-electron chi connectivity index (χ3n) is 9.82. The summed E-state index contributed by atoms with van der Waals surface area (Å²) in [7, 11) is 0. The zero-order valence-electron chi connectivity index (χ0n) is 22.8. The summed E-state index contributed by atoms with van der Waals surface area (Å²) in [6, 6.07) is 9.11. The molecule has 216 valence electrons. The van der Waals surface area contributed by atoms with E-state index in [9.17, 15) is 28.5 Å². The summed E-state index contributed by atoms with van der Waals surface area (Å²) >= 11 is 0. The van der Waals surface area contributed by atoms with Crippen molar-refractivity contribution >= 4 is 0 Å². The molecule has 7 rings (SSSR count). The van der Waals surface area contributed by atoms with Gasteiger partial charge in [0, 0.05) is 28.8 Å². The molecule has 4 aliphatic carbocycles. The number of aromatic nitrogens is 2. The zero-order chi connectivity index (χ0) is 28.8. The van der Waals surface area contributed by atoms with Crippen LogP contribution in [0.15, 0.2) is 60.4 Å². The maximum absolute atomic E-state index is 14.6. The van der Waals surface area contributed by atoms with E-state index in [1.54, 1.807) is 30.6 Å². The van der Waals surface area contributed by atoms with Crippen LogP contribution in [0, 0.1) is 17.3 Å². The maximum Gasteiger partial charge on any atom is 0.425 e. The molecule has 6 nitrogen and oxygen atoms in total. The van der Waals surface area contributed by atoms with Gasteiger partial charge in [0.1, 0.15) is 5.75 Å². The quantitative estimate of drug-likeness (QED) is 0.325. The van der Waals surface area contributed by atoms with Crippen molar-refractivity contribution in [2.45, 2.75) is 63.0 Å². The number of alkyl halides is 3. The fraction of sp³-hybridized carbons (Fsp3) is 0.469. The van der Waals surface area contributed by atoms with Crippen molar-refractivity contribution in [1.82, 2.24) is 9.78 Å². The van der Waals surface area contributed by atoms with E-state index in [1.165, 1.54) is 28.5 Å². The Morgan fingerprint density at radius 2 is 1.90 bits per heavy atom. The molecule has 0 amide bonds. The van der Waals surface area contributed by atoms with Gasteiger partial charge < -0.3 is 20.1 Å². The fourth-order valence-corrected chi connectivity index (χ4v) is 8.06. The first-order valence-corrected chi connectivity index (χ1v) is 14.2. The number of halogens is 3. The van der Waals surface area contributed by atoms with Gasteiger partial charge in [-0.15, -0.1) is 0 Å². The normalized spacial score (nSPS) is 31.2. The molecule has 5 unspecified atom stereocenters. The average Bonchev–Trinajstić information content (AvgIpc) is 3.52. The third kappa shape index (κ3) is 4.00. The van der Waals surface area contributed by atoms with E-state index in [0.29, 0.717) is 41.2 Å². The van der Waals surface area contributed by atoms with E-state index in [2.05, 4.69) is 18.1 Å². The van der Waals surface area contributed by atoms with Gasteiger partial charge >= 0.3 is 6.18 Å². The SMILES string of the molecule is CC1(CCOc2cc(-c3cnn(CCO)c3)c3c(c2)C(O)(C(F)(F)F)c2ccccc2-3)C=C2CC3(O)CC(CC23)C1. The van der Waals surface area contributed by atoms with Gasteiger partial charge in [0.15, 0.2) is 0 Å². The second kappa shape index (κ2) is 8.93. The van der Waals surface area contributed by atoms with Crippen LogP contribution in [0.3, 0.4) is 0 Å². The van der Waals surface area contributed by atoms with Gasteiger partial charge in [0.05, 0.1) is 31.6 Å². The lowest BCUT2D eigenvalue weighted by molar-refractivity contribution is -0.246. The molecule has 2 saturated carbocycles. The highest BCUT2D eigenvalue weighted by Crippen LogP contribution is 2.62. The van der Waals surface area contributed by atoms with Crippen molar-refractivity contribution in [3.63, 3.8) is 0 Å². The van der Waals surface area contributed by atoms with E-state index in [0.717, 1.165) is 25.7 Å². The lowest BCUT2D eigenvalue weighted by atomic mass is 9.64. The van der Waals surface area contributed by atoms with Crippen LogP contribution in [-0.4, -0.2) is 50.1 Å². The molecule has 1 heterocycles. The summed E-state index contributed by atoms with van der Waals surface area (Å²) in [6.07, 6.45) is 4.79. The number of allylic oxidation sites excluding steroid dienone is 1. The predicted molar refractivity (Wildman–Crippen MR) is 146 cm³/mol. The van der Waals surface area contributed by atoms with Crippen molar-refractivity contribution in [1.29, 1.82) is 0 Å². The number of rotatable bonds is 7. The van der Waals surface area contributed by atoms with Crippen molar-refractivity contribution < 1.29 is 33.2 Å². The van der Waals surface area contributed by atoms with Crippen LogP contribution in [0.2, 0.25) is 0 Å². The number of nitrogens with zero attached hydrogens (tertiary/aromatic N) is 2. The minimum Gasteiger partial charge on any atom is -0.494 e. The number of ether oxygens (including phenoxy) is 1. The van der Waals surface area contributed by atoms with E-state index < -0.39 is 17.4 Å². The van der Waals surface area contributed by atoms with E-state index in [4.69, 9.17) is 4.74 Å².